The maximum Gasteiger partial charge on any atom is 0.135 e. The molecular formula is C25H24O. The largest absolute Gasteiger partial charge is 0.456 e. The average molecular weight is 340 g/mol. The SMILES string of the molecule is C=C.CC1(C)c2ccccc2CCc2cc3oc4ccccc4c3cc21. The van der Waals surface area contributed by atoms with Gasteiger partial charge in [0.25, 0.3) is 0 Å². The predicted octanol–water partition coefficient (Wildman–Crippen LogP) is 6.81. The van der Waals surface area contributed by atoms with E-state index in [4.69, 9.17) is 4.42 Å². The molecule has 1 heteroatoms. The van der Waals surface area contributed by atoms with Crippen LogP contribution in [-0.4, -0.2) is 0 Å². The van der Waals surface area contributed by atoms with E-state index < -0.39 is 0 Å². The van der Waals surface area contributed by atoms with E-state index in [1.54, 1.807) is 0 Å². The van der Waals surface area contributed by atoms with Crippen LogP contribution >= 0.6 is 0 Å². The lowest BCUT2D eigenvalue weighted by molar-refractivity contribution is 0.635. The van der Waals surface area contributed by atoms with Crippen LogP contribution in [0.1, 0.15) is 36.1 Å². The van der Waals surface area contributed by atoms with Gasteiger partial charge in [0.1, 0.15) is 11.2 Å². The number of hydrogen-bond acceptors (Lipinski definition) is 1. The highest BCUT2D eigenvalue weighted by atomic mass is 16.3. The predicted molar refractivity (Wildman–Crippen MR) is 111 cm³/mol. The van der Waals surface area contributed by atoms with E-state index in [1.807, 2.05) is 6.07 Å². The molecule has 0 radical (unpaired) electrons. The maximum atomic E-state index is 6.10. The number of fused-ring (bicyclic) bond motifs is 5. The quantitative estimate of drug-likeness (QED) is 0.320. The van der Waals surface area contributed by atoms with Gasteiger partial charge in [-0.3, -0.25) is 0 Å². The Labute approximate surface area is 155 Å². The van der Waals surface area contributed by atoms with Crippen molar-refractivity contribution in [2.75, 3.05) is 0 Å². The zero-order valence-corrected chi connectivity index (χ0v) is 15.5. The summed E-state index contributed by atoms with van der Waals surface area (Å²) in [5.74, 6) is 0. The van der Waals surface area contributed by atoms with Gasteiger partial charge in [0, 0.05) is 16.2 Å². The third-order valence-electron chi connectivity index (χ3n) is 5.63. The van der Waals surface area contributed by atoms with Crippen molar-refractivity contribution in [1.82, 2.24) is 0 Å². The molecule has 0 fully saturated rings. The summed E-state index contributed by atoms with van der Waals surface area (Å²) in [6, 6.07) is 21.9. The first-order valence-electron chi connectivity index (χ1n) is 9.17. The molecule has 0 atom stereocenters. The zero-order valence-electron chi connectivity index (χ0n) is 15.5. The second kappa shape index (κ2) is 6.17. The van der Waals surface area contributed by atoms with Gasteiger partial charge in [-0.25, -0.2) is 0 Å². The molecule has 0 N–H and O–H groups in total. The minimum atomic E-state index is 0.00892. The Kier molecular flexibility index (Phi) is 3.96. The van der Waals surface area contributed by atoms with Gasteiger partial charge < -0.3 is 4.42 Å². The van der Waals surface area contributed by atoms with Gasteiger partial charge in [0.05, 0.1) is 0 Å². The Morgan fingerprint density at radius 3 is 2.27 bits per heavy atom. The highest BCUT2D eigenvalue weighted by Crippen LogP contribution is 2.42. The van der Waals surface area contributed by atoms with Crippen LogP contribution in [0.15, 0.2) is 78.2 Å². The van der Waals surface area contributed by atoms with E-state index >= 15 is 0 Å². The van der Waals surface area contributed by atoms with Crippen LogP contribution < -0.4 is 0 Å². The number of rotatable bonds is 0. The van der Waals surface area contributed by atoms with Gasteiger partial charge in [-0.2, -0.15) is 0 Å². The highest BCUT2D eigenvalue weighted by Gasteiger charge is 2.31. The van der Waals surface area contributed by atoms with Crippen LogP contribution in [0.25, 0.3) is 21.9 Å². The summed E-state index contributed by atoms with van der Waals surface area (Å²) in [6.45, 7) is 10.7. The minimum absolute atomic E-state index is 0.00892. The molecule has 0 amide bonds. The van der Waals surface area contributed by atoms with E-state index in [1.165, 1.54) is 33.0 Å². The molecular weight excluding hydrogens is 316 g/mol. The van der Waals surface area contributed by atoms with Crippen molar-refractivity contribution < 1.29 is 4.42 Å². The summed E-state index contributed by atoms with van der Waals surface area (Å²) in [6.07, 6.45) is 2.17. The number of aryl methyl sites for hydroxylation is 2. The number of hydrogen-bond donors (Lipinski definition) is 0. The van der Waals surface area contributed by atoms with Crippen LogP contribution in [0.2, 0.25) is 0 Å². The second-order valence-electron chi connectivity index (χ2n) is 7.39. The van der Waals surface area contributed by atoms with Gasteiger partial charge in [-0.05, 0) is 53.3 Å². The molecule has 0 aliphatic heterocycles. The first kappa shape index (κ1) is 16.7. The molecule has 3 aromatic carbocycles. The number of benzene rings is 3. The Hall–Kier alpha value is -2.80. The van der Waals surface area contributed by atoms with E-state index in [9.17, 15) is 0 Å². The van der Waals surface area contributed by atoms with Crippen molar-refractivity contribution >= 4 is 21.9 Å². The van der Waals surface area contributed by atoms with Crippen molar-refractivity contribution in [3.8, 4) is 0 Å². The van der Waals surface area contributed by atoms with Gasteiger partial charge in [0.2, 0.25) is 0 Å². The highest BCUT2D eigenvalue weighted by molar-refractivity contribution is 6.05. The summed E-state index contributed by atoms with van der Waals surface area (Å²) in [5, 5.41) is 2.44. The lowest BCUT2D eigenvalue weighted by atomic mass is 9.75. The van der Waals surface area contributed by atoms with E-state index in [0.29, 0.717) is 0 Å². The van der Waals surface area contributed by atoms with Gasteiger partial charge in [-0.1, -0.05) is 56.3 Å². The van der Waals surface area contributed by atoms with Gasteiger partial charge >= 0.3 is 0 Å². The Balaban J connectivity index is 0.000000814. The zero-order chi connectivity index (χ0) is 18.3. The molecule has 130 valence electrons. The Morgan fingerprint density at radius 1 is 0.731 bits per heavy atom. The maximum absolute atomic E-state index is 6.10. The molecule has 0 unspecified atom stereocenters. The lowest BCUT2D eigenvalue weighted by Gasteiger charge is -2.28. The molecule has 0 saturated heterocycles. The second-order valence-corrected chi connectivity index (χ2v) is 7.39. The van der Waals surface area contributed by atoms with Crippen LogP contribution in [0, 0.1) is 0 Å². The smallest absolute Gasteiger partial charge is 0.135 e. The van der Waals surface area contributed by atoms with E-state index in [0.717, 1.165) is 24.0 Å². The van der Waals surface area contributed by atoms with Crippen molar-refractivity contribution in [2.24, 2.45) is 0 Å². The average Bonchev–Trinajstić information content (AvgIpc) is 3.00. The third kappa shape index (κ3) is 2.39. The van der Waals surface area contributed by atoms with Crippen molar-refractivity contribution in [1.29, 1.82) is 0 Å². The van der Waals surface area contributed by atoms with E-state index in [2.05, 4.69) is 81.6 Å². The minimum Gasteiger partial charge on any atom is -0.456 e. The van der Waals surface area contributed by atoms with Gasteiger partial charge in [-0.15, -0.1) is 13.2 Å². The molecule has 26 heavy (non-hydrogen) atoms. The standard InChI is InChI=1S/C23H20O.C2H4/c1-23(2)19-9-5-3-7-15(19)11-12-16-13-22-18(14-20(16)23)17-8-4-6-10-21(17)24-22;1-2/h3-10,13-14H,11-12H2,1-2H3;1-2H2. The third-order valence-corrected chi connectivity index (χ3v) is 5.63. The van der Waals surface area contributed by atoms with Crippen LogP contribution in [0.5, 0.6) is 0 Å². The molecule has 1 aliphatic rings. The summed E-state index contributed by atoms with van der Waals surface area (Å²) in [7, 11) is 0. The van der Waals surface area contributed by atoms with Crippen LogP contribution in [-0.2, 0) is 18.3 Å². The van der Waals surface area contributed by atoms with Crippen LogP contribution in [0.3, 0.4) is 0 Å². The fraction of sp³-hybridized carbons (Fsp3) is 0.200. The molecule has 4 aromatic rings. The monoisotopic (exact) mass is 340 g/mol. The molecule has 5 rings (SSSR count). The molecule has 1 aliphatic carbocycles. The topological polar surface area (TPSA) is 13.1 Å². The summed E-state index contributed by atoms with van der Waals surface area (Å²) in [5.41, 5.74) is 7.78. The molecule has 1 aromatic heterocycles. The summed E-state index contributed by atoms with van der Waals surface area (Å²) in [4.78, 5) is 0. The fourth-order valence-corrected chi connectivity index (χ4v) is 4.36. The molecule has 0 bridgehead atoms. The lowest BCUT2D eigenvalue weighted by Crippen LogP contribution is -2.20. The number of para-hydroxylation sites is 1. The molecule has 0 saturated carbocycles. The first-order chi connectivity index (χ1) is 12.6. The molecule has 0 spiro atoms. The summed E-state index contributed by atoms with van der Waals surface area (Å²) < 4.78 is 6.10. The number of furan rings is 1. The Bertz CT molecular complexity index is 1100. The normalized spacial score (nSPS) is 14.8. The van der Waals surface area contributed by atoms with Gasteiger partial charge in [0.15, 0.2) is 0 Å². The molecule has 1 heterocycles. The Morgan fingerprint density at radius 2 is 1.42 bits per heavy atom. The first-order valence-corrected chi connectivity index (χ1v) is 9.17. The van der Waals surface area contributed by atoms with Crippen molar-refractivity contribution in [3.05, 3.63) is 96.1 Å². The van der Waals surface area contributed by atoms with Crippen molar-refractivity contribution in [3.63, 3.8) is 0 Å². The molecule has 1 nitrogen and oxygen atoms in total. The van der Waals surface area contributed by atoms with Crippen LogP contribution in [0.4, 0.5) is 0 Å². The fourth-order valence-electron chi connectivity index (χ4n) is 4.36. The van der Waals surface area contributed by atoms with E-state index in [-0.39, 0.29) is 5.41 Å². The summed E-state index contributed by atoms with van der Waals surface area (Å²) >= 11 is 0. The van der Waals surface area contributed by atoms with Crippen molar-refractivity contribution in [2.45, 2.75) is 32.1 Å².